The van der Waals surface area contributed by atoms with E-state index in [0.29, 0.717) is 23.5 Å². The van der Waals surface area contributed by atoms with Crippen LogP contribution in [0.15, 0.2) is 41.3 Å². The molecule has 1 aliphatic rings. The molecule has 0 spiro atoms. The Morgan fingerprint density at radius 2 is 1.93 bits per heavy atom. The molecule has 0 saturated heterocycles. The Bertz CT molecular complexity index is 1080. The number of hydrogen-bond donors (Lipinski definition) is 3. The Hall–Kier alpha value is -3.07. The highest BCUT2D eigenvalue weighted by Crippen LogP contribution is 2.39. The van der Waals surface area contributed by atoms with Crippen LogP contribution >= 0.6 is 0 Å². The molecule has 0 bridgehead atoms. The molecule has 28 heavy (non-hydrogen) atoms. The summed E-state index contributed by atoms with van der Waals surface area (Å²) in [4.78, 5) is 23.6. The van der Waals surface area contributed by atoms with Crippen LogP contribution in [0.3, 0.4) is 0 Å². The monoisotopic (exact) mass is 403 g/mol. The number of hydrogen-bond acceptors (Lipinski definition) is 5. The van der Waals surface area contributed by atoms with Crippen molar-refractivity contribution in [3.63, 3.8) is 0 Å². The number of amides is 2. The van der Waals surface area contributed by atoms with Crippen LogP contribution in [0.2, 0.25) is 0 Å². The summed E-state index contributed by atoms with van der Waals surface area (Å²) in [5, 5.41) is 2.77. The molecule has 0 atom stereocenters. The van der Waals surface area contributed by atoms with E-state index in [1.807, 2.05) is 0 Å². The highest BCUT2D eigenvalue weighted by atomic mass is 32.2. The van der Waals surface area contributed by atoms with Crippen LogP contribution in [0.4, 0.5) is 11.4 Å². The van der Waals surface area contributed by atoms with Crippen molar-refractivity contribution in [2.24, 2.45) is 5.73 Å². The molecule has 0 saturated carbocycles. The Kier molecular flexibility index (Phi) is 4.80. The second-order valence-electron chi connectivity index (χ2n) is 6.90. The number of primary amides is 1. The summed E-state index contributed by atoms with van der Waals surface area (Å²) < 4.78 is 33.4. The minimum atomic E-state index is -3.99. The second kappa shape index (κ2) is 6.83. The average Bonchev–Trinajstić information content (AvgIpc) is 2.84. The van der Waals surface area contributed by atoms with Crippen molar-refractivity contribution < 1.29 is 22.7 Å². The van der Waals surface area contributed by atoms with Gasteiger partial charge in [-0.2, -0.15) is 0 Å². The number of benzene rings is 2. The van der Waals surface area contributed by atoms with E-state index in [2.05, 4.69) is 10.0 Å². The zero-order chi connectivity index (χ0) is 20.7. The quantitative estimate of drug-likeness (QED) is 0.681. The molecule has 0 aliphatic carbocycles. The van der Waals surface area contributed by atoms with E-state index in [4.69, 9.17) is 10.5 Å². The zero-order valence-corrected chi connectivity index (χ0v) is 16.5. The fourth-order valence-electron chi connectivity index (χ4n) is 3.00. The van der Waals surface area contributed by atoms with Gasteiger partial charge < -0.3 is 15.8 Å². The number of rotatable bonds is 6. The van der Waals surface area contributed by atoms with Gasteiger partial charge in [-0.3, -0.25) is 14.3 Å². The van der Waals surface area contributed by atoms with E-state index in [1.54, 1.807) is 39.0 Å². The van der Waals surface area contributed by atoms with Crippen LogP contribution in [0, 0.1) is 0 Å². The maximum Gasteiger partial charge on any atom is 0.261 e. The summed E-state index contributed by atoms with van der Waals surface area (Å²) in [6.07, 6.45) is 0. The minimum Gasteiger partial charge on any atom is -0.493 e. The van der Waals surface area contributed by atoms with Gasteiger partial charge in [-0.05, 0) is 62.7 Å². The molecule has 3 rings (SSSR count). The maximum absolute atomic E-state index is 12.8. The van der Waals surface area contributed by atoms with Crippen molar-refractivity contribution in [2.75, 3.05) is 16.6 Å². The summed E-state index contributed by atoms with van der Waals surface area (Å²) in [6.45, 7) is 5.57. The molecule has 2 aromatic rings. The molecular weight excluding hydrogens is 382 g/mol. The lowest BCUT2D eigenvalue weighted by atomic mass is 9.86. The van der Waals surface area contributed by atoms with Crippen molar-refractivity contribution in [1.29, 1.82) is 0 Å². The van der Waals surface area contributed by atoms with E-state index in [0.717, 1.165) is 0 Å². The van der Waals surface area contributed by atoms with E-state index >= 15 is 0 Å². The van der Waals surface area contributed by atoms with Gasteiger partial charge in [0, 0.05) is 11.4 Å². The predicted octanol–water partition coefficient (Wildman–Crippen LogP) is 2.21. The first kappa shape index (κ1) is 19.7. The fraction of sp³-hybridized carbons (Fsp3) is 0.263. The van der Waals surface area contributed by atoms with Crippen molar-refractivity contribution in [1.82, 2.24) is 0 Å². The standard InChI is InChI=1S/C19H21N3O5S/c1-4-27-16-8-6-12(10-13(16)17(20)23)28(25,26)22-11-5-7-15-14(9-11)19(2,3)18(24)21-15/h5-10,22H,4H2,1-3H3,(H2,20,23)(H,21,24). The number of carbonyl (C=O) groups is 2. The molecule has 148 valence electrons. The first-order valence-electron chi connectivity index (χ1n) is 8.61. The molecule has 0 fully saturated rings. The lowest BCUT2D eigenvalue weighted by Crippen LogP contribution is -2.27. The third-order valence-corrected chi connectivity index (χ3v) is 5.97. The highest BCUT2D eigenvalue weighted by molar-refractivity contribution is 7.92. The number of nitrogens with two attached hydrogens (primary N) is 1. The highest BCUT2D eigenvalue weighted by Gasteiger charge is 2.38. The summed E-state index contributed by atoms with van der Waals surface area (Å²) in [5.74, 6) is -0.720. The molecule has 2 amide bonds. The van der Waals surface area contributed by atoms with E-state index in [9.17, 15) is 18.0 Å². The van der Waals surface area contributed by atoms with Gasteiger partial charge in [0.2, 0.25) is 5.91 Å². The lowest BCUT2D eigenvalue weighted by molar-refractivity contribution is -0.119. The summed E-state index contributed by atoms with van der Waals surface area (Å²) in [6, 6.07) is 8.73. The van der Waals surface area contributed by atoms with Crippen LogP contribution in [-0.2, 0) is 20.2 Å². The van der Waals surface area contributed by atoms with Crippen LogP contribution in [0.1, 0.15) is 36.7 Å². The topological polar surface area (TPSA) is 128 Å². The van der Waals surface area contributed by atoms with Crippen LogP contribution in [0.5, 0.6) is 5.75 Å². The Morgan fingerprint density at radius 3 is 2.57 bits per heavy atom. The predicted molar refractivity (Wildman–Crippen MR) is 105 cm³/mol. The largest absolute Gasteiger partial charge is 0.493 e. The van der Waals surface area contributed by atoms with E-state index in [-0.39, 0.29) is 22.1 Å². The van der Waals surface area contributed by atoms with Gasteiger partial charge in [0.05, 0.1) is 22.5 Å². The van der Waals surface area contributed by atoms with Gasteiger partial charge >= 0.3 is 0 Å². The molecule has 0 aromatic heterocycles. The molecule has 0 radical (unpaired) electrons. The number of carbonyl (C=O) groups excluding carboxylic acids is 2. The van der Waals surface area contributed by atoms with E-state index in [1.165, 1.54) is 18.2 Å². The second-order valence-corrected chi connectivity index (χ2v) is 8.58. The molecule has 9 heteroatoms. The van der Waals surface area contributed by atoms with Gasteiger partial charge in [-0.1, -0.05) is 0 Å². The van der Waals surface area contributed by atoms with Gasteiger partial charge in [0.25, 0.3) is 15.9 Å². The molecule has 4 N–H and O–H groups in total. The van der Waals surface area contributed by atoms with Gasteiger partial charge in [0.1, 0.15) is 5.75 Å². The van der Waals surface area contributed by atoms with Crippen LogP contribution < -0.4 is 20.5 Å². The smallest absolute Gasteiger partial charge is 0.261 e. The lowest BCUT2D eigenvalue weighted by Gasteiger charge is -2.16. The first-order chi connectivity index (χ1) is 13.1. The Labute approximate surface area is 163 Å². The minimum absolute atomic E-state index is 0.0189. The van der Waals surface area contributed by atoms with Gasteiger partial charge in [-0.25, -0.2) is 8.42 Å². The number of ether oxygens (including phenoxy) is 1. The van der Waals surface area contributed by atoms with Crippen LogP contribution in [0.25, 0.3) is 0 Å². The summed E-state index contributed by atoms with van der Waals surface area (Å²) in [7, 11) is -3.99. The SMILES string of the molecule is CCOc1ccc(S(=O)(=O)Nc2ccc3c(c2)C(C)(C)C(=O)N3)cc1C(N)=O. The Morgan fingerprint density at radius 1 is 1.21 bits per heavy atom. The summed E-state index contributed by atoms with van der Waals surface area (Å²) >= 11 is 0. The zero-order valence-electron chi connectivity index (χ0n) is 15.7. The van der Waals surface area contributed by atoms with Crippen molar-refractivity contribution in [2.45, 2.75) is 31.1 Å². The number of sulfonamides is 1. The number of anilines is 2. The van der Waals surface area contributed by atoms with E-state index < -0.39 is 21.3 Å². The summed E-state index contributed by atoms with van der Waals surface area (Å²) in [5.41, 5.74) is 6.20. The molecule has 0 unspecified atom stereocenters. The van der Waals surface area contributed by atoms with Crippen LogP contribution in [-0.4, -0.2) is 26.8 Å². The molecule has 1 heterocycles. The molecule has 8 nitrogen and oxygen atoms in total. The fourth-order valence-corrected chi connectivity index (χ4v) is 4.07. The number of nitrogens with one attached hydrogen (secondary N) is 2. The number of fused-ring (bicyclic) bond motifs is 1. The average molecular weight is 403 g/mol. The Balaban J connectivity index is 1.96. The molecular formula is C19H21N3O5S. The van der Waals surface area contributed by atoms with Gasteiger partial charge in [-0.15, -0.1) is 0 Å². The van der Waals surface area contributed by atoms with Crippen molar-refractivity contribution >= 4 is 33.2 Å². The third kappa shape index (κ3) is 3.40. The normalized spacial score (nSPS) is 14.9. The van der Waals surface area contributed by atoms with Crippen molar-refractivity contribution in [3.8, 4) is 5.75 Å². The maximum atomic E-state index is 12.8. The third-order valence-electron chi connectivity index (χ3n) is 4.59. The molecule has 2 aromatic carbocycles. The van der Waals surface area contributed by atoms with Crippen molar-refractivity contribution in [3.05, 3.63) is 47.5 Å². The first-order valence-corrected chi connectivity index (χ1v) is 10.1. The van der Waals surface area contributed by atoms with Gasteiger partial charge in [0.15, 0.2) is 0 Å². The molecule has 1 aliphatic heterocycles.